The summed E-state index contributed by atoms with van der Waals surface area (Å²) in [6, 6.07) is -2.80. The molecule has 0 aromatic heterocycles. The molecule has 176 valence electrons. The first kappa shape index (κ1) is 25.1. The zero-order valence-corrected chi connectivity index (χ0v) is 18.6. The number of unbranched alkanes of at least 4 members (excludes halogenated alkanes) is 1. The van der Waals surface area contributed by atoms with Gasteiger partial charge >= 0.3 is 5.97 Å². The van der Waals surface area contributed by atoms with Gasteiger partial charge in [-0.2, -0.15) is 0 Å². The molecule has 10 nitrogen and oxygen atoms in total. The highest BCUT2D eigenvalue weighted by molar-refractivity contribution is 5.94. The molecule has 0 spiro atoms. The van der Waals surface area contributed by atoms with Gasteiger partial charge in [0.15, 0.2) is 0 Å². The van der Waals surface area contributed by atoms with E-state index in [1.54, 1.807) is 0 Å². The maximum absolute atomic E-state index is 13.1. The summed E-state index contributed by atoms with van der Waals surface area (Å²) in [5.74, 6) is -2.25. The second kappa shape index (κ2) is 12.0. The molecule has 10 heteroatoms. The van der Waals surface area contributed by atoms with Crippen LogP contribution in [-0.4, -0.2) is 77.5 Å². The number of nitrogens with zero attached hydrogens (tertiary/aromatic N) is 1. The quantitative estimate of drug-likeness (QED) is 0.274. The fourth-order valence-corrected chi connectivity index (χ4v) is 4.20. The molecule has 4 atom stereocenters. The van der Waals surface area contributed by atoms with E-state index >= 15 is 0 Å². The van der Waals surface area contributed by atoms with Crippen LogP contribution in [0.2, 0.25) is 0 Å². The number of rotatable bonds is 11. The number of carboxylic acid groups (broad SMARTS) is 1. The molecule has 2 heterocycles. The van der Waals surface area contributed by atoms with Gasteiger partial charge in [-0.15, -0.1) is 0 Å². The zero-order valence-electron chi connectivity index (χ0n) is 18.6. The van der Waals surface area contributed by atoms with Crippen molar-refractivity contribution >= 4 is 23.7 Å². The summed E-state index contributed by atoms with van der Waals surface area (Å²) in [5.41, 5.74) is 5.56. The van der Waals surface area contributed by atoms with Crippen LogP contribution in [-0.2, 0) is 19.2 Å². The largest absolute Gasteiger partial charge is 0.480 e. The van der Waals surface area contributed by atoms with Crippen molar-refractivity contribution in [3.63, 3.8) is 0 Å². The summed E-state index contributed by atoms with van der Waals surface area (Å²) >= 11 is 0. The standard InChI is InChI=1S/C21H37N5O5/c1-13(2)17(25-18(27)14-8-5-11-23-14)19(28)24-15(7-3-4-10-22)20(29)26-12-6-9-16(26)21(30)31/h13-17,23H,3-12,22H2,1-2H3,(H,24,28)(H,25,27)(H,30,31)/t14-,15-,16-,17-/m0/s1. The molecule has 0 aromatic rings. The van der Waals surface area contributed by atoms with E-state index in [2.05, 4.69) is 16.0 Å². The highest BCUT2D eigenvalue weighted by atomic mass is 16.4. The highest BCUT2D eigenvalue weighted by Gasteiger charge is 2.38. The Balaban J connectivity index is 2.09. The number of aliphatic carboxylic acids is 1. The maximum atomic E-state index is 13.1. The lowest BCUT2D eigenvalue weighted by Crippen LogP contribution is -2.58. The van der Waals surface area contributed by atoms with Crippen LogP contribution < -0.4 is 21.7 Å². The molecule has 0 radical (unpaired) electrons. The molecule has 0 aliphatic carbocycles. The van der Waals surface area contributed by atoms with Gasteiger partial charge in [0.05, 0.1) is 6.04 Å². The predicted molar refractivity (Wildman–Crippen MR) is 115 cm³/mol. The molecule has 0 aromatic carbocycles. The molecular formula is C21H37N5O5. The van der Waals surface area contributed by atoms with Gasteiger partial charge in [-0.1, -0.05) is 13.8 Å². The van der Waals surface area contributed by atoms with Crippen LogP contribution in [0.1, 0.15) is 58.8 Å². The van der Waals surface area contributed by atoms with Crippen LogP contribution >= 0.6 is 0 Å². The summed E-state index contributed by atoms with van der Waals surface area (Å²) in [4.78, 5) is 51.6. The molecular weight excluding hydrogens is 402 g/mol. The number of carbonyl (C=O) groups is 4. The molecule has 2 aliphatic heterocycles. The number of likely N-dealkylation sites (tertiary alicyclic amines) is 1. The minimum absolute atomic E-state index is 0.177. The molecule has 2 aliphatic rings. The van der Waals surface area contributed by atoms with Gasteiger partial charge in [-0.25, -0.2) is 4.79 Å². The molecule has 2 fully saturated rings. The van der Waals surface area contributed by atoms with Gasteiger partial charge in [0.2, 0.25) is 17.7 Å². The topological polar surface area (TPSA) is 154 Å². The Morgan fingerprint density at radius 1 is 1.13 bits per heavy atom. The van der Waals surface area contributed by atoms with Crippen molar-refractivity contribution in [3.05, 3.63) is 0 Å². The number of nitrogens with two attached hydrogens (primary N) is 1. The molecule has 0 saturated carbocycles. The number of nitrogens with one attached hydrogen (secondary N) is 3. The molecule has 2 saturated heterocycles. The lowest BCUT2D eigenvalue weighted by molar-refractivity contribution is -0.149. The Kier molecular flexibility index (Phi) is 9.70. The Morgan fingerprint density at radius 3 is 2.45 bits per heavy atom. The Hall–Kier alpha value is -2.20. The average Bonchev–Trinajstić information content (AvgIpc) is 3.42. The van der Waals surface area contributed by atoms with E-state index in [-0.39, 0.29) is 23.8 Å². The van der Waals surface area contributed by atoms with Crippen molar-refractivity contribution in [3.8, 4) is 0 Å². The molecule has 6 N–H and O–H groups in total. The lowest BCUT2D eigenvalue weighted by Gasteiger charge is -2.30. The van der Waals surface area contributed by atoms with Crippen molar-refractivity contribution < 1.29 is 24.3 Å². The first-order chi connectivity index (χ1) is 14.8. The lowest BCUT2D eigenvalue weighted by atomic mass is 10.0. The van der Waals surface area contributed by atoms with E-state index in [1.165, 1.54) is 4.90 Å². The predicted octanol–water partition coefficient (Wildman–Crippen LogP) is -0.431. The Morgan fingerprint density at radius 2 is 1.87 bits per heavy atom. The minimum Gasteiger partial charge on any atom is -0.480 e. The van der Waals surface area contributed by atoms with Gasteiger partial charge in [0.1, 0.15) is 18.1 Å². The van der Waals surface area contributed by atoms with E-state index in [9.17, 15) is 24.3 Å². The number of carbonyl (C=O) groups excluding carboxylic acids is 3. The Bertz CT molecular complexity index is 650. The number of amides is 3. The number of carboxylic acids is 1. The normalized spacial score (nSPS) is 22.9. The molecule has 3 amide bonds. The van der Waals surface area contributed by atoms with Crippen molar-refractivity contribution in [2.24, 2.45) is 11.7 Å². The average molecular weight is 440 g/mol. The fraction of sp³-hybridized carbons (Fsp3) is 0.810. The summed E-state index contributed by atoms with van der Waals surface area (Å²) < 4.78 is 0. The van der Waals surface area contributed by atoms with E-state index in [0.717, 1.165) is 19.4 Å². The van der Waals surface area contributed by atoms with Crippen LogP contribution in [0.15, 0.2) is 0 Å². The third-order valence-electron chi connectivity index (χ3n) is 6.01. The van der Waals surface area contributed by atoms with Gasteiger partial charge in [-0.3, -0.25) is 14.4 Å². The van der Waals surface area contributed by atoms with Gasteiger partial charge < -0.3 is 31.7 Å². The third-order valence-corrected chi connectivity index (χ3v) is 6.01. The highest BCUT2D eigenvalue weighted by Crippen LogP contribution is 2.20. The summed E-state index contributed by atoms with van der Waals surface area (Å²) in [6.07, 6.45) is 4.35. The van der Waals surface area contributed by atoms with Crippen LogP contribution in [0.5, 0.6) is 0 Å². The van der Waals surface area contributed by atoms with Gasteiger partial charge in [-0.05, 0) is 64.0 Å². The van der Waals surface area contributed by atoms with Gasteiger partial charge in [0.25, 0.3) is 0 Å². The van der Waals surface area contributed by atoms with Crippen molar-refractivity contribution in [1.29, 1.82) is 0 Å². The van der Waals surface area contributed by atoms with Crippen molar-refractivity contribution in [2.45, 2.75) is 83.0 Å². The monoisotopic (exact) mass is 439 g/mol. The van der Waals surface area contributed by atoms with E-state index < -0.39 is 30.0 Å². The molecule has 31 heavy (non-hydrogen) atoms. The van der Waals surface area contributed by atoms with E-state index in [0.29, 0.717) is 45.2 Å². The smallest absolute Gasteiger partial charge is 0.326 e. The fourth-order valence-electron chi connectivity index (χ4n) is 4.20. The van der Waals surface area contributed by atoms with Crippen LogP contribution in [0.4, 0.5) is 0 Å². The van der Waals surface area contributed by atoms with Crippen molar-refractivity contribution in [1.82, 2.24) is 20.9 Å². The SMILES string of the molecule is CC(C)[C@H](NC(=O)[C@@H]1CCCN1)C(=O)N[C@@H](CCCCN)C(=O)N1CCC[C@H]1C(=O)O. The van der Waals surface area contributed by atoms with Crippen LogP contribution in [0.3, 0.4) is 0 Å². The first-order valence-corrected chi connectivity index (χ1v) is 11.3. The van der Waals surface area contributed by atoms with Crippen LogP contribution in [0.25, 0.3) is 0 Å². The maximum Gasteiger partial charge on any atom is 0.326 e. The Labute approximate surface area is 183 Å². The minimum atomic E-state index is -1.03. The number of hydrogen-bond donors (Lipinski definition) is 5. The second-order valence-corrected chi connectivity index (χ2v) is 8.75. The third kappa shape index (κ3) is 6.90. The summed E-state index contributed by atoms with van der Waals surface area (Å²) in [5, 5.41) is 18.1. The molecule has 0 bridgehead atoms. The van der Waals surface area contributed by atoms with E-state index in [1.807, 2.05) is 13.8 Å². The van der Waals surface area contributed by atoms with Gasteiger partial charge in [0, 0.05) is 6.54 Å². The number of hydrogen-bond acceptors (Lipinski definition) is 6. The first-order valence-electron chi connectivity index (χ1n) is 11.3. The summed E-state index contributed by atoms with van der Waals surface area (Å²) in [6.45, 7) is 5.26. The second-order valence-electron chi connectivity index (χ2n) is 8.75. The molecule has 0 unspecified atom stereocenters. The summed E-state index contributed by atoms with van der Waals surface area (Å²) in [7, 11) is 0. The zero-order chi connectivity index (χ0) is 23.0. The van der Waals surface area contributed by atoms with Crippen LogP contribution in [0, 0.1) is 5.92 Å². The van der Waals surface area contributed by atoms with E-state index in [4.69, 9.17) is 5.73 Å². The molecule has 2 rings (SSSR count). The van der Waals surface area contributed by atoms with Crippen molar-refractivity contribution in [2.75, 3.05) is 19.6 Å².